The Labute approximate surface area is 91.4 Å². The molecule has 15 heavy (non-hydrogen) atoms. The molecule has 1 aromatic heterocycles. The van der Waals surface area contributed by atoms with Gasteiger partial charge in [-0.25, -0.2) is 0 Å². The van der Waals surface area contributed by atoms with E-state index in [4.69, 9.17) is 10.3 Å². The summed E-state index contributed by atoms with van der Waals surface area (Å²) in [5.74, 6) is 0.890. The third-order valence-electron chi connectivity index (χ3n) is 2.68. The highest BCUT2D eigenvalue weighted by molar-refractivity contribution is 5.04. The van der Waals surface area contributed by atoms with Crippen molar-refractivity contribution in [3.8, 4) is 0 Å². The molecule has 0 amide bonds. The molecule has 0 aliphatic carbocycles. The fourth-order valence-corrected chi connectivity index (χ4v) is 1.57. The first-order valence-electron chi connectivity index (χ1n) is 5.52. The highest BCUT2D eigenvalue weighted by Gasteiger charge is 2.11. The number of nitrogens with zero attached hydrogens (tertiary/aromatic N) is 2. The third-order valence-corrected chi connectivity index (χ3v) is 2.68. The van der Waals surface area contributed by atoms with Crippen LogP contribution in [0.25, 0.3) is 0 Å². The molecule has 0 fully saturated rings. The van der Waals surface area contributed by atoms with E-state index in [1.54, 1.807) is 0 Å². The predicted molar refractivity (Wildman–Crippen MR) is 60.2 cm³/mol. The van der Waals surface area contributed by atoms with Crippen molar-refractivity contribution in [3.05, 3.63) is 17.5 Å². The van der Waals surface area contributed by atoms with Crippen LogP contribution in [0.15, 0.2) is 10.6 Å². The molecule has 1 unspecified atom stereocenters. The summed E-state index contributed by atoms with van der Waals surface area (Å²) in [6, 6.07) is 2.50. The number of nitrogens with two attached hydrogens (primary N) is 1. The van der Waals surface area contributed by atoms with Gasteiger partial charge in [0.2, 0.25) is 0 Å². The van der Waals surface area contributed by atoms with Gasteiger partial charge in [0.25, 0.3) is 0 Å². The van der Waals surface area contributed by atoms with Crippen LogP contribution in [0.4, 0.5) is 0 Å². The lowest BCUT2D eigenvalue weighted by Gasteiger charge is -2.22. The Hall–Kier alpha value is -0.870. The molecule has 1 rings (SSSR count). The molecule has 0 aromatic carbocycles. The lowest BCUT2D eigenvalue weighted by Crippen LogP contribution is -2.28. The largest absolute Gasteiger partial charge is 0.360 e. The fourth-order valence-electron chi connectivity index (χ4n) is 1.57. The monoisotopic (exact) mass is 211 g/mol. The summed E-state index contributed by atoms with van der Waals surface area (Å²) < 4.78 is 5.18. The molecule has 1 heterocycles. The van der Waals surface area contributed by atoms with E-state index in [1.807, 2.05) is 6.07 Å². The van der Waals surface area contributed by atoms with Crippen molar-refractivity contribution >= 4 is 0 Å². The van der Waals surface area contributed by atoms with Gasteiger partial charge in [-0.05, 0) is 20.4 Å². The lowest BCUT2D eigenvalue weighted by molar-refractivity contribution is 0.209. The first-order chi connectivity index (χ1) is 7.17. The fraction of sp³-hybridized carbons (Fsp3) is 0.727. The van der Waals surface area contributed by atoms with Gasteiger partial charge in [-0.3, -0.25) is 4.90 Å². The van der Waals surface area contributed by atoms with Crippen molar-refractivity contribution in [2.45, 2.75) is 45.8 Å². The summed E-state index contributed by atoms with van der Waals surface area (Å²) in [7, 11) is 2.10. The van der Waals surface area contributed by atoms with Gasteiger partial charge in [0.15, 0.2) is 5.76 Å². The molecule has 0 bridgehead atoms. The van der Waals surface area contributed by atoms with Crippen LogP contribution in [-0.4, -0.2) is 23.1 Å². The molecular weight excluding hydrogens is 190 g/mol. The quantitative estimate of drug-likeness (QED) is 0.779. The summed E-state index contributed by atoms with van der Waals surface area (Å²) in [6.45, 7) is 5.67. The van der Waals surface area contributed by atoms with E-state index in [2.05, 4.69) is 31.0 Å². The van der Waals surface area contributed by atoms with Crippen LogP contribution in [0, 0.1) is 0 Å². The molecule has 2 N–H and O–H groups in total. The van der Waals surface area contributed by atoms with E-state index in [9.17, 15) is 0 Å². The Morgan fingerprint density at radius 3 is 2.87 bits per heavy atom. The van der Waals surface area contributed by atoms with Gasteiger partial charge in [-0.2, -0.15) is 0 Å². The van der Waals surface area contributed by atoms with Crippen molar-refractivity contribution in [1.29, 1.82) is 0 Å². The zero-order chi connectivity index (χ0) is 11.3. The second-order valence-corrected chi connectivity index (χ2v) is 4.04. The maximum absolute atomic E-state index is 5.47. The van der Waals surface area contributed by atoms with Crippen molar-refractivity contribution in [1.82, 2.24) is 10.1 Å². The van der Waals surface area contributed by atoms with Crippen LogP contribution < -0.4 is 5.73 Å². The van der Waals surface area contributed by atoms with Gasteiger partial charge >= 0.3 is 0 Å². The lowest BCUT2D eigenvalue weighted by atomic mass is 10.1. The van der Waals surface area contributed by atoms with E-state index >= 15 is 0 Å². The summed E-state index contributed by atoms with van der Waals surface area (Å²) in [4.78, 5) is 2.27. The molecule has 0 saturated heterocycles. The molecule has 4 nitrogen and oxygen atoms in total. The van der Waals surface area contributed by atoms with E-state index in [0.717, 1.165) is 18.0 Å². The topological polar surface area (TPSA) is 55.3 Å². The first-order valence-corrected chi connectivity index (χ1v) is 5.52. The minimum Gasteiger partial charge on any atom is -0.360 e. The van der Waals surface area contributed by atoms with Crippen molar-refractivity contribution in [2.75, 3.05) is 7.05 Å². The molecule has 1 aromatic rings. The highest BCUT2D eigenvalue weighted by atomic mass is 16.5. The van der Waals surface area contributed by atoms with Crippen molar-refractivity contribution in [2.24, 2.45) is 5.73 Å². The standard InChI is InChI=1S/C11H21N3O/c1-4-5-9(2)14(3)8-11-6-10(7-12)13-15-11/h6,9H,4-5,7-8,12H2,1-3H3. The maximum Gasteiger partial charge on any atom is 0.151 e. The van der Waals surface area contributed by atoms with E-state index in [1.165, 1.54) is 12.8 Å². The predicted octanol–water partition coefficient (Wildman–Crippen LogP) is 1.75. The van der Waals surface area contributed by atoms with Crippen molar-refractivity contribution < 1.29 is 4.52 Å². The van der Waals surface area contributed by atoms with Gasteiger partial charge in [0, 0.05) is 18.7 Å². The van der Waals surface area contributed by atoms with Gasteiger partial charge in [-0.1, -0.05) is 18.5 Å². The van der Waals surface area contributed by atoms with E-state index < -0.39 is 0 Å². The van der Waals surface area contributed by atoms with Crippen LogP contribution in [0.5, 0.6) is 0 Å². The first kappa shape index (κ1) is 12.2. The molecule has 86 valence electrons. The zero-order valence-corrected chi connectivity index (χ0v) is 9.86. The summed E-state index contributed by atoms with van der Waals surface area (Å²) in [6.07, 6.45) is 2.41. The molecule has 1 atom stereocenters. The molecule has 0 saturated carbocycles. The summed E-state index contributed by atoms with van der Waals surface area (Å²) >= 11 is 0. The normalized spacial score (nSPS) is 13.4. The van der Waals surface area contributed by atoms with Crippen LogP contribution >= 0.6 is 0 Å². The third kappa shape index (κ3) is 3.64. The molecule has 4 heteroatoms. The molecule has 0 spiro atoms. The van der Waals surface area contributed by atoms with Gasteiger partial charge in [0.1, 0.15) is 0 Å². The number of aromatic nitrogens is 1. The molecular formula is C11H21N3O. The Morgan fingerprint density at radius 1 is 1.60 bits per heavy atom. The Balaban J connectivity index is 2.46. The smallest absolute Gasteiger partial charge is 0.151 e. The highest BCUT2D eigenvalue weighted by Crippen LogP contribution is 2.10. The van der Waals surface area contributed by atoms with Crippen molar-refractivity contribution in [3.63, 3.8) is 0 Å². The van der Waals surface area contributed by atoms with E-state index in [-0.39, 0.29) is 0 Å². The summed E-state index contributed by atoms with van der Waals surface area (Å²) in [5.41, 5.74) is 6.29. The van der Waals surface area contributed by atoms with Gasteiger partial charge in [0.05, 0.1) is 12.2 Å². The van der Waals surface area contributed by atoms with Crippen LogP contribution in [0.1, 0.15) is 38.1 Å². The molecule has 0 aliphatic rings. The summed E-state index contributed by atoms with van der Waals surface area (Å²) in [5, 5.41) is 3.87. The Kier molecular flexibility index (Phi) is 4.78. The zero-order valence-electron chi connectivity index (χ0n) is 9.86. The van der Waals surface area contributed by atoms with E-state index in [0.29, 0.717) is 12.6 Å². The minimum atomic E-state index is 0.442. The average molecular weight is 211 g/mol. The van der Waals surface area contributed by atoms with Gasteiger partial charge in [-0.15, -0.1) is 0 Å². The minimum absolute atomic E-state index is 0.442. The molecule has 0 radical (unpaired) electrons. The van der Waals surface area contributed by atoms with Gasteiger partial charge < -0.3 is 10.3 Å². The van der Waals surface area contributed by atoms with Crippen LogP contribution in [0.3, 0.4) is 0 Å². The number of rotatable bonds is 6. The average Bonchev–Trinajstić information content (AvgIpc) is 2.66. The second-order valence-electron chi connectivity index (χ2n) is 4.04. The van der Waals surface area contributed by atoms with Crippen LogP contribution in [0.2, 0.25) is 0 Å². The van der Waals surface area contributed by atoms with Crippen LogP contribution in [-0.2, 0) is 13.1 Å². The Morgan fingerprint density at radius 2 is 2.33 bits per heavy atom. The Bertz CT molecular complexity index is 285. The maximum atomic E-state index is 5.47. The second kappa shape index (κ2) is 5.88. The SMILES string of the molecule is CCCC(C)N(C)Cc1cc(CN)no1. The molecule has 0 aliphatic heterocycles. The number of hydrogen-bond acceptors (Lipinski definition) is 4. The number of hydrogen-bond donors (Lipinski definition) is 1.